The van der Waals surface area contributed by atoms with E-state index in [0.29, 0.717) is 0 Å². The molecule has 0 aromatic carbocycles. The Labute approximate surface area is 119 Å². The van der Waals surface area contributed by atoms with Crippen molar-refractivity contribution in [2.24, 2.45) is 18.9 Å². The van der Waals surface area contributed by atoms with Crippen LogP contribution in [-0.4, -0.2) is 22.9 Å². The number of aromatic nitrogens is 2. The lowest BCUT2D eigenvalue weighted by molar-refractivity contribution is 0.309. The van der Waals surface area contributed by atoms with Gasteiger partial charge in [-0.25, -0.2) is 0 Å². The van der Waals surface area contributed by atoms with Crippen LogP contribution in [0, 0.1) is 18.8 Å². The van der Waals surface area contributed by atoms with Crippen LogP contribution in [0.2, 0.25) is 0 Å². The highest BCUT2D eigenvalue weighted by atomic mass is 79.9. The van der Waals surface area contributed by atoms with Crippen molar-refractivity contribution in [2.75, 3.05) is 18.0 Å². The first-order valence-electron chi connectivity index (χ1n) is 6.88. The maximum absolute atomic E-state index is 4.56. The lowest BCUT2D eigenvalue weighted by atomic mass is 9.86. The molecule has 1 aromatic rings. The Morgan fingerprint density at radius 2 is 1.94 bits per heavy atom. The van der Waals surface area contributed by atoms with Gasteiger partial charge in [0, 0.05) is 31.0 Å². The molecule has 0 bridgehead atoms. The summed E-state index contributed by atoms with van der Waals surface area (Å²) in [7, 11) is 2.06. The van der Waals surface area contributed by atoms with Crippen molar-refractivity contribution in [1.82, 2.24) is 9.78 Å². The Morgan fingerprint density at radius 3 is 2.44 bits per heavy atom. The molecule has 18 heavy (non-hydrogen) atoms. The third-order valence-corrected chi connectivity index (χ3v) is 4.79. The molecular weight excluding hydrogens is 290 g/mol. The lowest BCUT2D eigenvalue weighted by Crippen LogP contribution is -2.36. The zero-order valence-corrected chi connectivity index (χ0v) is 13.5. The van der Waals surface area contributed by atoms with E-state index in [1.54, 1.807) is 0 Å². The van der Waals surface area contributed by atoms with Gasteiger partial charge in [-0.15, -0.1) is 0 Å². The standard InChI is InChI=1S/C14H24BrN3/c1-10(2)12-5-7-18(8-6-12)14-13(9-15)11(3)16-17(14)4/h10,12H,5-9H2,1-4H3. The second kappa shape index (κ2) is 5.64. The topological polar surface area (TPSA) is 21.1 Å². The number of hydrogen-bond donors (Lipinski definition) is 0. The molecule has 0 atom stereocenters. The second-order valence-corrected chi connectivity index (χ2v) is 6.27. The highest BCUT2D eigenvalue weighted by Gasteiger charge is 2.25. The van der Waals surface area contributed by atoms with Gasteiger partial charge in [0.05, 0.1) is 5.69 Å². The van der Waals surface area contributed by atoms with Crippen LogP contribution in [0.25, 0.3) is 0 Å². The molecular formula is C14H24BrN3. The van der Waals surface area contributed by atoms with Crippen LogP contribution in [0.15, 0.2) is 0 Å². The molecule has 0 radical (unpaired) electrons. The second-order valence-electron chi connectivity index (χ2n) is 5.71. The van der Waals surface area contributed by atoms with Crippen molar-refractivity contribution in [2.45, 2.75) is 38.9 Å². The number of aryl methyl sites for hydroxylation is 2. The van der Waals surface area contributed by atoms with Crippen molar-refractivity contribution in [1.29, 1.82) is 0 Å². The van der Waals surface area contributed by atoms with Gasteiger partial charge in [0.25, 0.3) is 0 Å². The summed E-state index contributed by atoms with van der Waals surface area (Å²) in [6.07, 6.45) is 2.62. The Balaban J connectivity index is 2.14. The van der Waals surface area contributed by atoms with Crippen molar-refractivity contribution in [3.8, 4) is 0 Å². The van der Waals surface area contributed by atoms with E-state index in [0.717, 1.165) is 22.9 Å². The van der Waals surface area contributed by atoms with Crippen molar-refractivity contribution in [3.63, 3.8) is 0 Å². The van der Waals surface area contributed by atoms with Crippen LogP contribution in [0.1, 0.15) is 37.9 Å². The zero-order chi connectivity index (χ0) is 13.3. The number of hydrogen-bond acceptors (Lipinski definition) is 2. The van der Waals surface area contributed by atoms with Crippen LogP contribution in [0.4, 0.5) is 5.82 Å². The first-order chi connectivity index (χ1) is 8.54. The van der Waals surface area contributed by atoms with Gasteiger partial charge >= 0.3 is 0 Å². The molecule has 0 spiro atoms. The van der Waals surface area contributed by atoms with Gasteiger partial charge < -0.3 is 4.90 Å². The van der Waals surface area contributed by atoms with Crippen molar-refractivity contribution in [3.05, 3.63) is 11.3 Å². The predicted molar refractivity (Wildman–Crippen MR) is 80.4 cm³/mol. The van der Waals surface area contributed by atoms with Gasteiger partial charge in [-0.3, -0.25) is 4.68 Å². The SMILES string of the molecule is Cc1nn(C)c(N2CCC(C(C)C)CC2)c1CBr. The highest BCUT2D eigenvalue weighted by Crippen LogP contribution is 2.31. The maximum atomic E-state index is 4.56. The fraction of sp³-hybridized carbons (Fsp3) is 0.786. The number of nitrogens with zero attached hydrogens (tertiary/aromatic N) is 3. The maximum Gasteiger partial charge on any atom is 0.130 e. The molecule has 4 heteroatoms. The molecule has 1 fully saturated rings. The average Bonchev–Trinajstić information content (AvgIpc) is 2.63. The summed E-state index contributed by atoms with van der Waals surface area (Å²) in [6, 6.07) is 0. The van der Waals surface area contributed by atoms with Gasteiger partial charge in [0.15, 0.2) is 0 Å². The van der Waals surface area contributed by atoms with E-state index in [1.165, 1.54) is 37.3 Å². The summed E-state index contributed by atoms with van der Waals surface area (Å²) in [4.78, 5) is 2.51. The molecule has 0 saturated carbocycles. The molecule has 3 nitrogen and oxygen atoms in total. The fourth-order valence-electron chi connectivity index (χ4n) is 3.02. The van der Waals surface area contributed by atoms with E-state index < -0.39 is 0 Å². The Hall–Kier alpha value is -0.510. The highest BCUT2D eigenvalue weighted by molar-refractivity contribution is 9.08. The van der Waals surface area contributed by atoms with E-state index in [1.807, 2.05) is 4.68 Å². The van der Waals surface area contributed by atoms with Crippen molar-refractivity contribution < 1.29 is 0 Å². The minimum absolute atomic E-state index is 0.816. The molecule has 0 unspecified atom stereocenters. The Morgan fingerprint density at radius 1 is 1.33 bits per heavy atom. The largest absolute Gasteiger partial charge is 0.357 e. The van der Waals surface area contributed by atoms with Crippen LogP contribution in [-0.2, 0) is 12.4 Å². The van der Waals surface area contributed by atoms with E-state index in [-0.39, 0.29) is 0 Å². The summed E-state index contributed by atoms with van der Waals surface area (Å²) < 4.78 is 2.04. The van der Waals surface area contributed by atoms with Gasteiger partial charge in [-0.1, -0.05) is 29.8 Å². The van der Waals surface area contributed by atoms with E-state index in [2.05, 4.69) is 53.7 Å². The van der Waals surface area contributed by atoms with Crippen LogP contribution < -0.4 is 4.90 Å². The van der Waals surface area contributed by atoms with Gasteiger partial charge in [0.2, 0.25) is 0 Å². The van der Waals surface area contributed by atoms with E-state index in [4.69, 9.17) is 0 Å². The minimum atomic E-state index is 0.816. The molecule has 0 aliphatic carbocycles. The first-order valence-corrected chi connectivity index (χ1v) is 8.00. The quantitative estimate of drug-likeness (QED) is 0.796. The van der Waals surface area contributed by atoms with Gasteiger partial charge in [-0.05, 0) is 31.6 Å². The van der Waals surface area contributed by atoms with Crippen LogP contribution >= 0.6 is 15.9 Å². The lowest BCUT2D eigenvalue weighted by Gasteiger charge is -2.35. The summed E-state index contributed by atoms with van der Waals surface area (Å²) >= 11 is 3.59. The molecule has 2 heterocycles. The summed E-state index contributed by atoms with van der Waals surface area (Å²) in [5, 5.41) is 5.45. The number of alkyl halides is 1. The molecule has 2 rings (SSSR count). The molecule has 0 amide bonds. The number of piperidine rings is 1. The smallest absolute Gasteiger partial charge is 0.130 e. The van der Waals surface area contributed by atoms with Gasteiger partial charge in [0.1, 0.15) is 5.82 Å². The zero-order valence-electron chi connectivity index (χ0n) is 11.9. The Kier molecular flexibility index (Phi) is 4.36. The number of rotatable bonds is 3. The third-order valence-electron chi connectivity index (χ3n) is 4.23. The molecule has 1 aromatic heterocycles. The fourth-order valence-corrected chi connectivity index (χ4v) is 3.68. The number of anilines is 1. The summed E-state index contributed by atoms with van der Waals surface area (Å²) in [6.45, 7) is 9.13. The molecule has 1 saturated heterocycles. The van der Waals surface area contributed by atoms with Crippen molar-refractivity contribution >= 4 is 21.7 Å². The minimum Gasteiger partial charge on any atom is -0.357 e. The Bertz CT molecular complexity index is 403. The molecule has 1 aliphatic heterocycles. The predicted octanol–water partition coefficient (Wildman–Crippen LogP) is 3.50. The van der Waals surface area contributed by atoms with Crippen LogP contribution in [0.5, 0.6) is 0 Å². The average molecular weight is 314 g/mol. The molecule has 0 N–H and O–H groups in total. The van der Waals surface area contributed by atoms with Crippen LogP contribution in [0.3, 0.4) is 0 Å². The van der Waals surface area contributed by atoms with Gasteiger partial charge in [-0.2, -0.15) is 5.10 Å². The van der Waals surface area contributed by atoms with E-state index in [9.17, 15) is 0 Å². The third kappa shape index (κ3) is 2.58. The normalized spacial score (nSPS) is 17.8. The first kappa shape index (κ1) is 13.9. The molecule has 1 aliphatic rings. The monoisotopic (exact) mass is 313 g/mol. The van der Waals surface area contributed by atoms with E-state index >= 15 is 0 Å². The number of halogens is 1. The summed E-state index contributed by atoms with van der Waals surface area (Å²) in [5.74, 6) is 3.02. The molecule has 102 valence electrons. The summed E-state index contributed by atoms with van der Waals surface area (Å²) in [5.41, 5.74) is 2.50.